The van der Waals surface area contributed by atoms with Crippen molar-refractivity contribution < 1.29 is 103 Å². The largest absolute Gasteiger partial charge is 0.531 e. The molecule has 26 heteroatoms. The van der Waals surface area contributed by atoms with Gasteiger partial charge in [0, 0.05) is 6.42 Å². The number of hydrogen-bond acceptors (Lipinski definition) is 22. The minimum Gasteiger partial charge on any atom is -0.462 e. The molecule has 2 heterocycles. The molecule has 0 radical (unpaired) electrons. The normalized spacial score (nSPS) is 18.7. The van der Waals surface area contributed by atoms with Gasteiger partial charge in [-0.15, -0.1) is 9.35 Å². The van der Waals surface area contributed by atoms with Crippen LogP contribution in [0, 0.1) is 0 Å². The molecule has 2 N–H and O–H groups in total. The van der Waals surface area contributed by atoms with Crippen molar-refractivity contribution in [1.82, 2.24) is 10.6 Å². The standard InChI is InChI=1S/C115H154N2O22P2/c1-4-7-10-13-16-19-22-25-55-76-101(124-82-93-60-39-29-40-61-93)79-105(118)117-109-112(126-84-95-64-43-31-44-65-95)110(125-83-94-62-41-30-42-63-94)104(135-115(109)137-141(122,138-129-86-97-68-47-33-48-69-97)139-130-87-98-70-49-34-50-71-98)91-128-114-108(116-106(119)80-102(77-56-26-23-20-17-14-11-8-5-2)133-107(120)78-57-27-24-21-18-15-12-9-6-3)113(127-85-96-66-45-32-46-67-96)111(103(134-114)90-123-81-92-58-37-28-38-59-92)136-140(121,131-88-99-72-51-35-52-73-99)132-89-100-74-53-36-54-75-100/h28-54,58-75,101-104,108-115H,4-27,55-57,76-91H2,1-3H3,(H,116,119)(H,117,118)/t101-,102-,103-,104-,108-,109-,110-,111-,112-,113-,114-,115-/m1/s1. The lowest BCUT2D eigenvalue weighted by Crippen LogP contribution is -2.68. The molecule has 11 rings (SSSR count). The molecular formula is C115H154N2O22P2. The molecule has 12 atom stereocenters. The van der Waals surface area contributed by atoms with Crippen LogP contribution in [0.25, 0.3) is 0 Å². The highest BCUT2D eigenvalue weighted by Gasteiger charge is 2.56. The molecule has 0 unspecified atom stereocenters. The minimum atomic E-state index is -5.31. The van der Waals surface area contributed by atoms with E-state index in [4.69, 9.17) is 79.9 Å². The molecule has 2 amide bonds. The van der Waals surface area contributed by atoms with Gasteiger partial charge in [0.1, 0.15) is 68.0 Å². The molecule has 2 aliphatic heterocycles. The Balaban J connectivity index is 1.03. The highest BCUT2D eigenvalue weighted by atomic mass is 31.2. The van der Waals surface area contributed by atoms with Crippen molar-refractivity contribution in [2.24, 2.45) is 0 Å². The second kappa shape index (κ2) is 67.0. The number of carbonyl (C=O) groups is 3. The lowest BCUT2D eigenvalue weighted by molar-refractivity contribution is -0.324. The van der Waals surface area contributed by atoms with E-state index in [1.165, 1.54) is 70.6 Å². The maximum atomic E-state index is 16.4. The molecule has 0 aliphatic carbocycles. The Morgan fingerprint density at radius 2 is 0.617 bits per heavy atom. The molecule has 766 valence electrons. The average molecular weight is 1980 g/mol. The maximum absolute atomic E-state index is 16.4. The fourth-order valence-corrected chi connectivity index (χ4v) is 19.6. The van der Waals surface area contributed by atoms with Gasteiger partial charge >= 0.3 is 21.6 Å². The fourth-order valence-electron chi connectivity index (χ4n) is 17.4. The molecule has 0 saturated carbocycles. The number of carbonyl (C=O) groups excluding carboxylic acids is 3. The van der Waals surface area contributed by atoms with Gasteiger partial charge in [-0.3, -0.25) is 32.5 Å². The summed E-state index contributed by atoms with van der Waals surface area (Å²) in [6.07, 6.45) is 16.0. The summed E-state index contributed by atoms with van der Waals surface area (Å²) in [5.41, 5.74) is 6.53. The number of hydrogen-bond donors (Lipinski definition) is 2. The zero-order valence-electron chi connectivity index (χ0n) is 83.2. The quantitative estimate of drug-likeness (QED) is 0.0118. The highest BCUT2D eigenvalue weighted by Crippen LogP contribution is 2.55. The first kappa shape index (κ1) is 113. The number of phosphoric ester groups is 1. The summed E-state index contributed by atoms with van der Waals surface area (Å²) in [5, 5.41) is 6.61. The van der Waals surface area contributed by atoms with E-state index in [0.717, 1.165) is 112 Å². The van der Waals surface area contributed by atoms with Gasteiger partial charge in [0.25, 0.3) is 0 Å². The van der Waals surface area contributed by atoms with Gasteiger partial charge in [-0.25, -0.2) is 18.9 Å². The zero-order valence-corrected chi connectivity index (χ0v) is 85.0. The second-order valence-electron chi connectivity index (χ2n) is 36.9. The van der Waals surface area contributed by atoms with Gasteiger partial charge < -0.3 is 53.3 Å². The van der Waals surface area contributed by atoms with E-state index in [0.29, 0.717) is 53.5 Å². The molecule has 0 aromatic heterocycles. The summed E-state index contributed by atoms with van der Waals surface area (Å²) in [7, 11) is -10.2. The van der Waals surface area contributed by atoms with Crippen LogP contribution in [-0.4, -0.2) is 104 Å². The summed E-state index contributed by atoms with van der Waals surface area (Å²) in [6, 6.07) is 81.4. The molecule has 0 bridgehead atoms. The van der Waals surface area contributed by atoms with Gasteiger partial charge in [-0.1, -0.05) is 454 Å². The van der Waals surface area contributed by atoms with E-state index in [2.05, 4.69) is 31.4 Å². The van der Waals surface area contributed by atoms with Crippen LogP contribution in [0.3, 0.4) is 0 Å². The zero-order chi connectivity index (χ0) is 98.5. The lowest BCUT2D eigenvalue weighted by atomic mass is 9.94. The number of unbranched alkanes of at least 4 members (excludes halogenated alkanes) is 24. The van der Waals surface area contributed by atoms with Crippen LogP contribution in [0.4, 0.5) is 0 Å². The third kappa shape index (κ3) is 44.0. The molecule has 9 aromatic carbocycles. The molecule has 24 nitrogen and oxygen atoms in total. The van der Waals surface area contributed by atoms with E-state index in [1.807, 2.05) is 249 Å². The Hall–Kier alpha value is -8.79. The van der Waals surface area contributed by atoms with E-state index in [9.17, 15) is 4.79 Å². The van der Waals surface area contributed by atoms with Crippen LogP contribution < -0.4 is 10.6 Å². The van der Waals surface area contributed by atoms with Crippen molar-refractivity contribution in [3.63, 3.8) is 0 Å². The summed E-state index contributed by atoms with van der Waals surface area (Å²) < 4.78 is 136. The van der Waals surface area contributed by atoms with Gasteiger partial charge in [0.05, 0.1) is 78.4 Å². The average Bonchev–Trinajstić information content (AvgIpc) is 0.785. The molecule has 2 aliphatic rings. The monoisotopic (exact) mass is 1980 g/mol. The van der Waals surface area contributed by atoms with Crippen molar-refractivity contribution in [2.45, 2.75) is 359 Å². The van der Waals surface area contributed by atoms with Crippen LogP contribution in [-0.2, 0) is 163 Å². The molecule has 2 fully saturated rings. The maximum Gasteiger partial charge on any atom is 0.531 e. The van der Waals surface area contributed by atoms with Crippen LogP contribution in [0.2, 0.25) is 0 Å². The molecule has 2 saturated heterocycles. The van der Waals surface area contributed by atoms with E-state index < -0.39 is 114 Å². The Kier molecular flexibility index (Phi) is 53.5. The van der Waals surface area contributed by atoms with Crippen LogP contribution >= 0.6 is 15.6 Å². The summed E-state index contributed by atoms with van der Waals surface area (Å²) in [5.74, 6) is -1.48. The van der Waals surface area contributed by atoms with Gasteiger partial charge in [0.2, 0.25) is 11.8 Å². The van der Waals surface area contributed by atoms with E-state index in [1.54, 1.807) is 24.3 Å². The summed E-state index contributed by atoms with van der Waals surface area (Å²) in [6.45, 7) is 4.85. The van der Waals surface area contributed by atoms with Crippen molar-refractivity contribution in [2.75, 3.05) is 13.2 Å². The Morgan fingerprint density at radius 3 is 1.02 bits per heavy atom. The first-order chi connectivity index (χ1) is 69.3. The smallest absolute Gasteiger partial charge is 0.462 e. The predicted octanol–water partition coefficient (Wildman–Crippen LogP) is 26.8. The minimum absolute atomic E-state index is 0.0614. The van der Waals surface area contributed by atoms with Gasteiger partial charge in [-0.2, -0.15) is 0 Å². The van der Waals surface area contributed by atoms with Crippen LogP contribution in [0.5, 0.6) is 0 Å². The molecule has 141 heavy (non-hydrogen) atoms. The van der Waals surface area contributed by atoms with Crippen molar-refractivity contribution in [3.05, 3.63) is 323 Å². The first-order valence-corrected chi connectivity index (χ1v) is 54.8. The Bertz CT molecular complexity index is 4770. The predicted molar refractivity (Wildman–Crippen MR) is 546 cm³/mol. The van der Waals surface area contributed by atoms with Crippen molar-refractivity contribution >= 4 is 33.4 Å². The first-order valence-electron chi connectivity index (χ1n) is 51.9. The van der Waals surface area contributed by atoms with Crippen LogP contribution in [0.15, 0.2) is 273 Å². The van der Waals surface area contributed by atoms with E-state index in [-0.39, 0.29) is 85.3 Å². The molecule has 0 spiro atoms. The fraction of sp³-hybridized carbons (Fsp3) is 0.504. The number of amides is 2. The molecular weight excluding hydrogens is 1820 g/mol. The third-order valence-electron chi connectivity index (χ3n) is 25.2. The number of rotatable bonds is 74. The van der Waals surface area contributed by atoms with Crippen molar-refractivity contribution in [1.29, 1.82) is 0 Å². The van der Waals surface area contributed by atoms with Crippen LogP contribution in [0.1, 0.15) is 276 Å². The van der Waals surface area contributed by atoms with Gasteiger partial charge in [0.15, 0.2) is 12.6 Å². The number of phosphoric acid groups is 2. The molecule has 9 aromatic rings. The Morgan fingerprint density at radius 1 is 0.305 bits per heavy atom. The number of benzene rings is 9. The number of nitrogens with one attached hydrogen (secondary N) is 2. The Labute approximate surface area is 838 Å². The third-order valence-corrected chi connectivity index (χ3v) is 27.6. The topological polar surface area (TPSA) is 266 Å². The van der Waals surface area contributed by atoms with E-state index >= 15 is 18.7 Å². The summed E-state index contributed by atoms with van der Waals surface area (Å²) >= 11 is 0. The number of ether oxygens (including phenoxy) is 9. The van der Waals surface area contributed by atoms with Gasteiger partial charge in [-0.05, 0) is 75.8 Å². The van der Waals surface area contributed by atoms with Crippen molar-refractivity contribution in [3.8, 4) is 0 Å². The lowest BCUT2D eigenvalue weighted by Gasteiger charge is -2.48. The highest BCUT2D eigenvalue weighted by molar-refractivity contribution is 7.48. The SMILES string of the molecule is CCCCCCCCCCCC(=O)O[C@H](CCCCCCCCCCC)CC(=O)N[C@H]1[C@H](OC[C@H]2O[C@H](OP(=O)(OOCc3ccccc3)OOCc3ccccc3)[C@H](NC(=O)C[C@@H](CCCCCCCCCCC)OCc3ccccc3)[C@@H](OCc3ccccc3)[C@@H]2OCc2ccccc2)O[C@H](COCc2ccccc2)[C@@H](OP(=O)(OCc2ccccc2)OCc2ccccc2)[C@@H]1OCc1ccccc1. The number of esters is 1. The second-order valence-corrected chi connectivity index (χ2v) is 39.9. The summed E-state index contributed by atoms with van der Waals surface area (Å²) in [4.78, 5) is 58.2.